The Balaban J connectivity index is 0.00000147. The van der Waals surface area contributed by atoms with Crippen molar-refractivity contribution in [2.45, 2.75) is 19.8 Å². The standard InChI is InChI=1S/C13H17N5O.ClH/c1-9-4-7-18-11(8-9)16-17-13(18)15-12(19)10-2-5-14-6-3-10;/h4,7-8,10,14H,2-3,5-6H2,1H3,(H,15,17,19);1H. The molecule has 0 unspecified atom stereocenters. The average Bonchev–Trinajstić information content (AvgIpc) is 2.82. The van der Waals surface area contributed by atoms with Crippen LogP contribution in [0.3, 0.4) is 0 Å². The van der Waals surface area contributed by atoms with E-state index in [4.69, 9.17) is 0 Å². The zero-order chi connectivity index (χ0) is 13.2. The van der Waals surface area contributed by atoms with Crippen LogP contribution in [0.5, 0.6) is 0 Å². The first kappa shape index (κ1) is 14.7. The van der Waals surface area contributed by atoms with Crippen LogP contribution in [0.2, 0.25) is 0 Å². The summed E-state index contributed by atoms with van der Waals surface area (Å²) in [5.41, 5.74) is 1.87. The Morgan fingerprint density at radius 3 is 2.90 bits per heavy atom. The number of aromatic nitrogens is 3. The van der Waals surface area contributed by atoms with Crippen molar-refractivity contribution in [2.24, 2.45) is 5.92 Å². The fourth-order valence-corrected chi connectivity index (χ4v) is 2.37. The van der Waals surface area contributed by atoms with Crippen LogP contribution in [0.15, 0.2) is 18.3 Å². The second-order valence-electron chi connectivity index (χ2n) is 4.97. The minimum absolute atomic E-state index is 0. The number of aryl methyl sites for hydroxylation is 1. The molecular weight excluding hydrogens is 278 g/mol. The summed E-state index contributed by atoms with van der Waals surface area (Å²) < 4.78 is 1.80. The van der Waals surface area contributed by atoms with E-state index in [1.807, 2.05) is 25.3 Å². The molecule has 6 nitrogen and oxygen atoms in total. The Morgan fingerprint density at radius 2 is 2.15 bits per heavy atom. The number of pyridine rings is 1. The van der Waals surface area contributed by atoms with Crippen molar-refractivity contribution in [3.8, 4) is 0 Å². The summed E-state index contributed by atoms with van der Waals surface area (Å²) in [6.45, 7) is 3.80. The van der Waals surface area contributed by atoms with Crippen LogP contribution in [-0.2, 0) is 4.79 Å². The van der Waals surface area contributed by atoms with Crippen molar-refractivity contribution >= 4 is 29.9 Å². The highest BCUT2D eigenvalue weighted by Gasteiger charge is 2.22. The zero-order valence-electron chi connectivity index (χ0n) is 11.3. The van der Waals surface area contributed by atoms with Gasteiger partial charge in [0.1, 0.15) is 0 Å². The number of hydrogen-bond acceptors (Lipinski definition) is 4. The van der Waals surface area contributed by atoms with E-state index in [1.54, 1.807) is 4.40 Å². The lowest BCUT2D eigenvalue weighted by Crippen LogP contribution is -2.34. The molecule has 2 aromatic rings. The third-order valence-electron chi connectivity index (χ3n) is 3.51. The van der Waals surface area contributed by atoms with Crippen molar-refractivity contribution in [1.82, 2.24) is 19.9 Å². The number of anilines is 1. The van der Waals surface area contributed by atoms with E-state index in [9.17, 15) is 4.79 Å². The number of halogens is 1. The predicted molar refractivity (Wildman–Crippen MR) is 79.2 cm³/mol. The largest absolute Gasteiger partial charge is 0.317 e. The molecule has 0 bridgehead atoms. The van der Waals surface area contributed by atoms with Gasteiger partial charge in [-0.1, -0.05) is 0 Å². The molecule has 0 radical (unpaired) electrons. The quantitative estimate of drug-likeness (QED) is 0.878. The van der Waals surface area contributed by atoms with Gasteiger partial charge in [0.25, 0.3) is 0 Å². The molecule has 108 valence electrons. The molecule has 1 fully saturated rings. The first-order valence-corrected chi connectivity index (χ1v) is 6.57. The third kappa shape index (κ3) is 2.91. The van der Waals surface area contributed by atoms with E-state index in [1.165, 1.54) is 0 Å². The second-order valence-corrected chi connectivity index (χ2v) is 4.97. The Morgan fingerprint density at radius 1 is 1.40 bits per heavy atom. The first-order valence-electron chi connectivity index (χ1n) is 6.57. The number of carbonyl (C=O) groups excluding carboxylic acids is 1. The van der Waals surface area contributed by atoms with E-state index in [-0.39, 0.29) is 24.2 Å². The highest BCUT2D eigenvalue weighted by Crippen LogP contribution is 2.15. The normalized spacial score (nSPS) is 15.8. The van der Waals surface area contributed by atoms with E-state index in [2.05, 4.69) is 20.8 Å². The Kier molecular flexibility index (Phi) is 4.57. The van der Waals surface area contributed by atoms with Crippen LogP contribution in [0, 0.1) is 12.8 Å². The molecule has 0 aliphatic carbocycles. The van der Waals surface area contributed by atoms with Gasteiger partial charge in [0, 0.05) is 12.1 Å². The van der Waals surface area contributed by atoms with Gasteiger partial charge in [-0.25, -0.2) is 0 Å². The molecule has 7 heteroatoms. The SMILES string of the molecule is Cc1ccn2c(NC(=O)C3CCNCC3)nnc2c1.Cl. The Labute approximate surface area is 123 Å². The number of piperidine rings is 1. The van der Waals surface area contributed by atoms with Gasteiger partial charge in [-0.2, -0.15) is 0 Å². The van der Waals surface area contributed by atoms with E-state index < -0.39 is 0 Å². The van der Waals surface area contributed by atoms with Gasteiger partial charge in [0.15, 0.2) is 5.65 Å². The van der Waals surface area contributed by atoms with E-state index in [0.29, 0.717) is 5.95 Å². The minimum atomic E-state index is 0. The van der Waals surface area contributed by atoms with Gasteiger partial charge in [0.2, 0.25) is 11.9 Å². The average molecular weight is 296 g/mol. The molecule has 0 aromatic carbocycles. The minimum Gasteiger partial charge on any atom is -0.317 e. The maximum Gasteiger partial charge on any atom is 0.235 e. The molecule has 1 aliphatic rings. The summed E-state index contributed by atoms with van der Waals surface area (Å²) in [7, 11) is 0. The summed E-state index contributed by atoms with van der Waals surface area (Å²) in [5.74, 6) is 0.606. The van der Waals surface area contributed by atoms with Crippen LogP contribution in [0.25, 0.3) is 5.65 Å². The van der Waals surface area contributed by atoms with Gasteiger partial charge in [-0.15, -0.1) is 22.6 Å². The van der Waals surface area contributed by atoms with Crippen molar-refractivity contribution < 1.29 is 4.79 Å². The number of nitrogens with one attached hydrogen (secondary N) is 2. The van der Waals surface area contributed by atoms with E-state index >= 15 is 0 Å². The smallest absolute Gasteiger partial charge is 0.235 e. The highest BCUT2D eigenvalue weighted by atomic mass is 35.5. The predicted octanol–water partition coefficient (Wildman–Crippen LogP) is 1.40. The van der Waals surface area contributed by atoms with E-state index in [0.717, 1.165) is 37.1 Å². The molecule has 0 spiro atoms. The maximum atomic E-state index is 12.2. The topological polar surface area (TPSA) is 71.3 Å². The number of amides is 1. The lowest BCUT2D eigenvalue weighted by molar-refractivity contribution is -0.120. The van der Waals surface area contributed by atoms with Gasteiger partial charge in [0.05, 0.1) is 0 Å². The monoisotopic (exact) mass is 295 g/mol. The third-order valence-corrected chi connectivity index (χ3v) is 3.51. The number of fused-ring (bicyclic) bond motifs is 1. The Bertz CT molecular complexity index is 606. The fourth-order valence-electron chi connectivity index (χ4n) is 2.37. The van der Waals surface area contributed by atoms with Gasteiger partial charge in [-0.05, 0) is 50.6 Å². The van der Waals surface area contributed by atoms with Crippen molar-refractivity contribution in [3.05, 3.63) is 23.9 Å². The zero-order valence-corrected chi connectivity index (χ0v) is 12.1. The molecule has 0 saturated carbocycles. The van der Waals surface area contributed by atoms with Crippen LogP contribution in [0.4, 0.5) is 5.95 Å². The van der Waals surface area contributed by atoms with Gasteiger partial charge in [-0.3, -0.25) is 14.5 Å². The number of rotatable bonds is 2. The van der Waals surface area contributed by atoms with Crippen molar-refractivity contribution in [3.63, 3.8) is 0 Å². The molecule has 1 amide bonds. The molecule has 0 atom stereocenters. The molecule has 2 N–H and O–H groups in total. The highest BCUT2D eigenvalue weighted by molar-refractivity contribution is 5.91. The summed E-state index contributed by atoms with van der Waals surface area (Å²) in [6, 6.07) is 3.91. The van der Waals surface area contributed by atoms with Crippen molar-refractivity contribution in [2.75, 3.05) is 18.4 Å². The lowest BCUT2D eigenvalue weighted by Gasteiger charge is -2.21. The van der Waals surface area contributed by atoms with Gasteiger partial charge >= 0.3 is 0 Å². The number of hydrogen-bond donors (Lipinski definition) is 2. The molecule has 2 aromatic heterocycles. The summed E-state index contributed by atoms with van der Waals surface area (Å²) >= 11 is 0. The van der Waals surface area contributed by atoms with Crippen molar-refractivity contribution in [1.29, 1.82) is 0 Å². The lowest BCUT2D eigenvalue weighted by atomic mass is 9.97. The molecule has 20 heavy (non-hydrogen) atoms. The number of carbonyl (C=O) groups is 1. The van der Waals surface area contributed by atoms with Crippen LogP contribution in [0.1, 0.15) is 18.4 Å². The van der Waals surface area contributed by atoms with Crippen LogP contribution in [-0.4, -0.2) is 33.6 Å². The molecule has 1 saturated heterocycles. The van der Waals surface area contributed by atoms with Gasteiger partial charge < -0.3 is 5.32 Å². The summed E-state index contributed by atoms with van der Waals surface area (Å²) in [4.78, 5) is 12.2. The molecular formula is C13H18ClN5O. The fraction of sp³-hybridized carbons (Fsp3) is 0.462. The summed E-state index contributed by atoms with van der Waals surface area (Å²) in [6.07, 6.45) is 3.63. The van der Waals surface area contributed by atoms with Crippen LogP contribution >= 0.6 is 12.4 Å². The molecule has 3 heterocycles. The maximum absolute atomic E-state index is 12.2. The molecule has 3 rings (SSSR count). The summed E-state index contributed by atoms with van der Waals surface area (Å²) in [5, 5.41) is 14.2. The number of nitrogens with zero attached hydrogens (tertiary/aromatic N) is 3. The first-order chi connectivity index (χ1) is 9.24. The van der Waals surface area contributed by atoms with Crippen LogP contribution < -0.4 is 10.6 Å². The second kappa shape index (κ2) is 6.19. The molecule has 1 aliphatic heterocycles. The Hall–Kier alpha value is -1.66.